The van der Waals surface area contributed by atoms with Gasteiger partial charge in [0.2, 0.25) is 11.8 Å². The van der Waals surface area contributed by atoms with Gasteiger partial charge in [-0.05, 0) is 59.6 Å². The summed E-state index contributed by atoms with van der Waals surface area (Å²) < 4.78 is 6.02. The number of ether oxygens (including phenoxy) is 1. The van der Waals surface area contributed by atoms with Crippen molar-refractivity contribution in [2.45, 2.75) is 50.7 Å². The first-order chi connectivity index (χ1) is 14.4. The molecule has 0 aliphatic carbocycles. The molecule has 0 spiro atoms. The van der Waals surface area contributed by atoms with Crippen LogP contribution in [0.3, 0.4) is 0 Å². The molecule has 0 radical (unpaired) electrons. The van der Waals surface area contributed by atoms with E-state index in [2.05, 4.69) is 53.3 Å². The predicted octanol–water partition coefficient (Wildman–Crippen LogP) is 4.05. The van der Waals surface area contributed by atoms with Gasteiger partial charge in [-0.15, -0.1) is 11.8 Å². The van der Waals surface area contributed by atoms with Gasteiger partial charge in [-0.3, -0.25) is 9.59 Å². The molecule has 0 bridgehead atoms. The molecule has 2 N–H and O–H groups in total. The van der Waals surface area contributed by atoms with Crippen LogP contribution >= 0.6 is 11.8 Å². The van der Waals surface area contributed by atoms with Gasteiger partial charge >= 0.3 is 0 Å². The molecule has 0 fully saturated rings. The molecule has 2 aromatic carbocycles. The molecule has 5 nitrogen and oxygen atoms in total. The Kier molecular flexibility index (Phi) is 7.43. The zero-order valence-electron chi connectivity index (χ0n) is 18.0. The molecule has 0 aromatic heterocycles. The molecule has 2 amide bonds. The van der Waals surface area contributed by atoms with Crippen LogP contribution in [0.5, 0.6) is 5.75 Å². The van der Waals surface area contributed by atoms with Gasteiger partial charge in [0, 0.05) is 18.2 Å². The van der Waals surface area contributed by atoms with E-state index in [0.717, 1.165) is 23.3 Å². The largest absolute Gasteiger partial charge is 0.488 e. The van der Waals surface area contributed by atoms with E-state index < -0.39 is 6.04 Å². The highest BCUT2D eigenvalue weighted by atomic mass is 32.2. The lowest BCUT2D eigenvalue weighted by molar-refractivity contribution is -0.128. The number of hydrogen-bond donors (Lipinski definition) is 2. The minimum Gasteiger partial charge on any atom is -0.488 e. The van der Waals surface area contributed by atoms with Gasteiger partial charge in [-0.25, -0.2) is 0 Å². The second kappa shape index (κ2) is 10.0. The van der Waals surface area contributed by atoms with Crippen molar-refractivity contribution in [1.82, 2.24) is 10.6 Å². The van der Waals surface area contributed by atoms with Gasteiger partial charge in [-0.1, -0.05) is 32.0 Å². The summed E-state index contributed by atoms with van der Waals surface area (Å²) in [6, 6.07) is 14.3. The summed E-state index contributed by atoms with van der Waals surface area (Å²) in [5.41, 5.74) is 3.50. The molecule has 0 saturated carbocycles. The molecule has 1 heterocycles. The Morgan fingerprint density at radius 2 is 1.83 bits per heavy atom. The Bertz CT molecular complexity index is 896. The fourth-order valence-electron chi connectivity index (χ4n) is 3.68. The van der Waals surface area contributed by atoms with Crippen LogP contribution in [0.25, 0.3) is 11.1 Å². The molecule has 2 aromatic rings. The minimum absolute atomic E-state index is 0.102. The monoisotopic (exact) mass is 426 g/mol. The third-order valence-corrected chi connectivity index (χ3v) is 5.87. The Labute approximate surface area is 183 Å². The second-order valence-corrected chi connectivity index (χ2v) is 9.00. The molecule has 6 heteroatoms. The third-order valence-electron chi connectivity index (χ3n) is 5.13. The van der Waals surface area contributed by atoms with Gasteiger partial charge in [0.1, 0.15) is 17.9 Å². The van der Waals surface area contributed by atoms with Gasteiger partial charge in [0.25, 0.3) is 0 Å². The number of fused-ring (bicyclic) bond motifs is 1. The lowest BCUT2D eigenvalue weighted by Crippen LogP contribution is -2.48. The average Bonchev–Trinajstić information content (AvgIpc) is 3.13. The first-order valence-electron chi connectivity index (χ1n) is 10.3. The summed E-state index contributed by atoms with van der Waals surface area (Å²) in [5.74, 6) is 0.828. The van der Waals surface area contributed by atoms with E-state index in [-0.39, 0.29) is 17.9 Å². The lowest BCUT2D eigenvalue weighted by Gasteiger charge is -2.20. The van der Waals surface area contributed by atoms with E-state index >= 15 is 0 Å². The van der Waals surface area contributed by atoms with E-state index in [1.54, 1.807) is 11.8 Å². The van der Waals surface area contributed by atoms with Crippen LogP contribution in [-0.2, 0) is 16.0 Å². The number of carbonyl (C=O) groups is 2. The van der Waals surface area contributed by atoms with Crippen LogP contribution in [0.4, 0.5) is 0 Å². The molecule has 3 rings (SSSR count). The maximum absolute atomic E-state index is 12.6. The Morgan fingerprint density at radius 3 is 2.47 bits per heavy atom. The summed E-state index contributed by atoms with van der Waals surface area (Å²) in [4.78, 5) is 25.2. The van der Waals surface area contributed by atoms with Crippen molar-refractivity contribution in [2.75, 3.05) is 12.8 Å². The molecule has 1 aliphatic heterocycles. The average molecular weight is 427 g/mol. The summed E-state index contributed by atoms with van der Waals surface area (Å²) in [7, 11) is 0. The number of carbonyl (C=O) groups excluding carboxylic acids is 2. The van der Waals surface area contributed by atoms with Crippen LogP contribution in [0, 0.1) is 5.92 Å². The fraction of sp³-hybridized carbons (Fsp3) is 0.417. The van der Waals surface area contributed by atoms with Crippen LogP contribution in [0.1, 0.15) is 32.8 Å². The molecule has 0 unspecified atom stereocenters. The highest BCUT2D eigenvalue weighted by molar-refractivity contribution is 7.98. The van der Waals surface area contributed by atoms with E-state index in [1.165, 1.54) is 17.4 Å². The number of hydrogen-bond acceptors (Lipinski definition) is 4. The Hall–Kier alpha value is -2.47. The van der Waals surface area contributed by atoms with Crippen molar-refractivity contribution in [1.29, 1.82) is 0 Å². The van der Waals surface area contributed by atoms with E-state index in [0.29, 0.717) is 18.9 Å². The van der Waals surface area contributed by atoms with Gasteiger partial charge in [-0.2, -0.15) is 0 Å². The standard InChI is InChI=1S/C24H30N2O3S/c1-15(2)11-22(26-16(3)27)24(28)25-14-20-13-19-12-18(7-10-23(19)29-20)17-5-8-21(30-4)9-6-17/h5-10,12,15,20,22H,11,13-14H2,1-4H3,(H,25,28)(H,26,27)/t20-,22+/m1/s1. The first kappa shape index (κ1) is 22.2. The maximum atomic E-state index is 12.6. The van der Waals surface area contributed by atoms with Gasteiger partial charge < -0.3 is 15.4 Å². The molecule has 0 saturated heterocycles. The van der Waals surface area contributed by atoms with Crippen LogP contribution in [-0.4, -0.2) is 36.8 Å². The van der Waals surface area contributed by atoms with Crippen LogP contribution < -0.4 is 15.4 Å². The molecule has 30 heavy (non-hydrogen) atoms. The molecular formula is C24H30N2O3S. The smallest absolute Gasteiger partial charge is 0.242 e. The number of benzene rings is 2. The number of thioether (sulfide) groups is 1. The zero-order valence-corrected chi connectivity index (χ0v) is 18.8. The molecule has 160 valence electrons. The maximum Gasteiger partial charge on any atom is 0.242 e. The van der Waals surface area contributed by atoms with Crippen molar-refractivity contribution >= 4 is 23.6 Å². The first-order valence-corrected chi connectivity index (χ1v) is 11.6. The number of amides is 2. The lowest BCUT2D eigenvalue weighted by atomic mass is 10.0. The SMILES string of the molecule is CSc1ccc(-c2ccc3c(c2)C[C@H](CNC(=O)[C@H](CC(C)C)NC(C)=O)O3)cc1. The summed E-state index contributed by atoms with van der Waals surface area (Å²) in [6.07, 6.45) is 3.33. The van der Waals surface area contributed by atoms with Crippen LogP contribution in [0.15, 0.2) is 47.4 Å². The quantitative estimate of drug-likeness (QED) is 0.625. The zero-order chi connectivity index (χ0) is 21.7. The Balaban J connectivity index is 1.59. The van der Waals surface area contributed by atoms with Crippen molar-refractivity contribution in [3.05, 3.63) is 48.0 Å². The predicted molar refractivity (Wildman–Crippen MR) is 122 cm³/mol. The fourth-order valence-corrected chi connectivity index (χ4v) is 4.09. The molecule has 2 atom stereocenters. The van der Waals surface area contributed by atoms with Crippen molar-refractivity contribution < 1.29 is 14.3 Å². The van der Waals surface area contributed by atoms with Crippen molar-refractivity contribution in [3.8, 4) is 16.9 Å². The highest BCUT2D eigenvalue weighted by Crippen LogP contribution is 2.33. The summed E-state index contributed by atoms with van der Waals surface area (Å²) >= 11 is 1.73. The van der Waals surface area contributed by atoms with Crippen molar-refractivity contribution in [3.63, 3.8) is 0 Å². The van der Waals surface area contributed by atoms with Crippen LogP contribution in [0.2, 0.25) is 0 Å². The number of rotatable bonds is 8. The van der Waals surface area contributed by atoms with Gasteiger partial charge in [0.15, 0.2) is 0 Å². The third kappa shape index (κ3) is 5.79. The van der Waals surface area contributed by atoms with Crippen molar-refractivity contribution in [2.24, 2.45) is 5.92 Å². The summed E-state index contributed by atoms with van der Waals surface area (Å²) in [6.45, 7) is 5.92. The number of nitrogens with one attached hydrogen (secondary N) is 2. The van der Waals surface area contributed by atoms with E-state index in [4.69, 9.17) is 4.74 Å². The van der Waals surface area contributed by atoms with E-state index in [9.17, 15) is 9.59 Å². The molecule has 1 aliphatic rings. The van der Waals surface area contributed by atoms with E-state index in [1.807, 2.05) is 19.9 Å². The highest BCUT2D eigenvalue weighted by Gasteiger charge is 2.26. The minimum atomic E-state index is -0.512. The normalized spacial score (nSPS) is 16.0. The topological polar surface area (TPSA) is 67.4 Å². The summed E-state index contributed by atoms with van der Waals surface area (Å²) in [5, 5.41) is 5.69. The molecular weight excluding hydrogens is 396 g/mol. The Morgan fingerprint density at radius 1 is 1.13 bits per heavy atom. The van der Waals surface area contributed by atoms with Gasteiger partial charge in [0.05, 0.1) is 6.54 Å². The second-order valence-electron chi connectivity index (χ2n) is 8.12.